The molecule has 0 aliphatic carbocycles. The highest BCUT2D eigenvalue weighted by Gasteiger charge is 2.18. The van der Waals surface area contributed by atoms with Gasteiger partial charge in [0.1, 0.15) is 17.4 Å². The summed E-state index contributed by atoms with van der Waals surface area (Å²) in [7, 11) is 1.69. The third kappa shape index (κ3) is 6.17. The summed E-state index contributed by atoms with van der Waals surface area (Å²) in [5.41, 5.74) is 4.29. The molecule has 0 bridgehead atoms. The van der Waals surface area contributed by atoms with Crippen LogP contribution in [0.5, 0.6) is 17.2 Å². The average Bonchev–Trinajstić information content (AvgIpc) is 3.57. The molecule has 0 amide bonds. The minimum atomic E-state index is -0.253. The maximum atomic E-state index is 14.0. The number of methoxy groups -OCH3 is 1. The molecule has 5 rings (SSSR count). The van der Waals surface area contributed by atoms with Crippen LogP contribution >= 0.6 is 0 Å². The number of halogens is 1. The van der Waals surface area contributed by atoms with Crippen LogP contribution in [0.3, 0.4) is 0 Å². The SMILES string of the molecule is CCCCn1c(CN(CCc2cccc(OC)c2)Cc2ccc3c(c2)OCO3)cnc1-c1cccc(F)c1. The van der Waals surface area contributed by atoms with Crippen molar-refractivity contribution in [2.24, 2.45) is 0 Å². The normalized spacial score (nSPS) is 12.3. The van der Waals surface area contributed by atoms with Gasteiger partial charge < -0.3 is 18.8 Å². The van der Waals surface area contributed by atoms with Crippen LogP contribution in [-0.2, 0) is 26.1 Å². The number of benzene rings is 3. The largest absolute Gasteiger partial charge is 0.497 e. The van der Waals surface area contributed by atoms with Gasteiger partial charge in [-0.2, -0.15) is 0 Å². The number of nitrogens with zero attached hydrogens (tertiary/aromatic N) is 3. The van der Waals surface area contributed by atoms with Gasteiger partial charge in [-0.3, -0.25) is 4.90 Å². The third-order valence-corrected chi connectivity index (χ3v) is 6.84. The van der Waals surface area contributed by atoms with E-state index in [0.717, 1.165) is 78.8 Å². The van der Waals surface area contributed by atoms with Gasteiger partial charge in [-0.1, -0.05) is 43.7 Å². The first kappa shape index (κ1) is 25.8. The van der Waals surface area contributed by atoms with Gasteiger partial charge in [0, 0.05) is 31.7 Å². The van der Waals surface area contributed by atoms with Gasteiger partial charge in [-0.05, 0) is 60.4 Å². The first-order valence-corrected chi connectivity index (χ1v) is 13.2. The number of imidazole rings is 1. The maximum absolute atomic E-state index is 14.0. The Kier molecular flexibility index (Phi) is 8.24. The number of hydrogen-bond donors (Lipinski definition) is 0. The molecule has 0 unspecified atom stereocenters. The lowest BCUT2D eigenvalue weighted by atomic mass is 10.1. The predicted molar refractivity (Wildman–Crippen MR) is 146 cm³/mol. The summed E-state index contributed by atoms with van der Waals surface area (Å²) < 4.78 is 32.8. The average molecular weight is 516 g/mol. The first-order chi connectivity index (χ1) is 18.6. The molecular weight excluding hydrogens is 481 g/mol. The van der Waals surface area contributed by atoms with Crippen LogP contribution in [0, 0.1) is 5.82 Å². The van der Waals surface area contributed by atoms with Crippen LogP contribution in [-0.4, -0.2) is 34.9 Å². The molecule has 0 saturated carbocycles. The lowest BCUT2D eigenvalue weighted by Gasteiger charge is -2.24. The minimum absolute atomic E-state index is 0.253. The van der Waals surface area contributed by atoms with Crippen molar-refractivity contribution in [2.45, 2.75) is 45.8 Å². The molecular formula is C31H34FN3O3. The van der Waals surface area contributed by atoms with E-state index in [2.05, 4.69) is 40.7 Å². The molecule has 3 aromatic carbocycles. The smallest absolute Gasteiger partial charge is 0.231 e. The Balaban J connectivity index is 1.42. The number of rotatable bonds is 12. The lowest BCUT2D eigenvalue weighted by Crippen LogP contribution is -2.27. The van der Waals surface area contributed by atoms with E-state index in [0.29, 0.717) is 6.54 Å². The Bertz CT molecular complexity index is 1370. The number of aromatic nitrogens is 2. The molecule has 1 aliphatic heterocycles. The zero-order valence-electron chi connectivity index (χ0n) is 22.0. The fourth-order valence-electron chi connectivity index (χ4n) is 4.82. The van der Waals surface area contributed by atoms with Gasteiger partial charge in [0.15, 0.2) is 11.5 Å². The molecule has 198 valence electrons. The number of unbranched alkanes of at least 4 members (excludes halogenated alkanes) is 1. The molecule has 38 heavy (non-hydrogen) atoms. The Morgan fingerprint density at radius 3 is 2.68 bits per heavy atom. The Hall–Kier alpha value is -3.84. The van der Waals surface area contributed by atoms with Crippen molar-refractivity contribution in [3.05, 3.63) is 95.6 Å². The van der Waals surface area contributed by atoms with E-state index in [-0.39, 0.29) is 12.6 Å². The van der Waals surface area contributed by atoms with Crippen molar-refractivity contribution >= 4 is 0 Å². The zero-order chi connectivity index (χ0) is 26.3. The van der Waals surface area contributed by atoms with E-state index in [4.69, 9.17) is 19.2 Å². The van der Waals surface area contributed by atoms with Crippen LogP contribution in [0.2, 0.25) is 0 Å². The van der Waals surface area contributed by atoms with Crippen molar-refractivity contribution in [1.29, 1.82) is 0 Å². The van der Waals surface area contributed by atoms with Crippen LogP contribution in [0.15, 0.2) is 72.9 Å². The van der Waals surface area contributed by atoms with Gasteiger partial charge in [0.25, 0.3) is 0 Å². The van der Waals surface area contributed by atoms with E-state index in [1.54, 1.807) is 19.2 Å². The first-order valence-electron chi connectivity index (χ1n) is 13.2. The van der Waals surface area contributed by atoms with E-state index in [9.17, 15) is 4.39 Å². The third-order valence-electron chi connectivity index (χ3n) is 6.84. The summed E-state index contributed by atoms with van der Waals surface area (Å²) in [6.07, 6.45) is 4.91. The zero-order valence-corrected chi connectivity index (χ0v) is 22.0. The molecule has 7 heteroatoms. The summed E-state index contributed by atoms with van der Waals surface area (Å²) in [6.45, 7) is 5.58. The van der Waals surface area contributed by atoms with Gasteiger partial charge in [0.2, 0.25) is 6.79 Å². The van der Waals surface area contributed by atoms with E-state index >= 15 is 0 Å². The van der Waals surface area contributed by atoms with Gasteiger partial charge in [-0.25, -0.2) is 9.37 Å². The van der Waals surface area contributed by atoms with Gasteiger partial charge in [0.05, 0.1) is 19.0 Å². The molecule has 0 N–H and O–H groups in total. The molecule has 0 fully saturated rings. The fraction of sp³-hybridized carbons (Fsp3) is 0.323. The van der Waals surface area contributed by atoms with Crippen molar-refractivity contribution in [3.8, 4) is 28.6 Å². The quantitative estimate of drug-likeness (QED) is 0.216. The van der Waals surface area contributed by atoms with Crippen LogP contribution < -0.4 is 14.2 Å². The lowest BCUT2D eigenvalue weighted by molar-refractivity contribution is 0.174. The second-order valence-corrected chi connectivity index (χ2v) is 9.59. The Labute approximate surface area is 223 Å². The highest BCUT2D eigenvalue weighted by Crippen LogP contribution is 2.33. The Morgan fingerprint density at radius 2 is 1.84 bits per heavy atom. The van der Waals surface area contributed by atoms with Crippen molar-refractivity contribution in [1.82, 2.24) is 14.5 Å². The summed E-state index contributed by atoms with van der Waals surface area (Å²) in [5.74, 6) is 2.99. The number of fused-ring (bicyclic) bond motifs is 1. The van der Waals surface area contributed by atoms with Crippen LogP contribution in [0.4, 0.5) is 4.39 Å². The summed E-state index contributed by atoms with van der Waals surface area (Å²) >= 11 is 0. The number of hydrogen-bond acceptors (Lipinski definition) is 5. The second-order valence-electron chi connectivity index (χ2n) is 9.59. The molecule has 0 saturated heterocycles. The van der Waals surface area contributed by atoms with Crippen molar-refractivity contribution < 1.29 is 18.6 Å². The van der Waals surface area contributed by atoms with Crippen molar-refractivity contribution in [2.75, 3.05) is 20.4 Å². The Morgan fingerprint density at radius 1 is 0.974 bits per heavy atom. The summed E-state index contributed by atoms with van der Waals surface area (Å²) in [6, 6.07) is 21.0. The van der Waals surface area contributed by atoms with Crippen molar-refractivity contribution in [3.63, 3.8) is 0 Å². The molecule has 2 heterocycles. The molecule has 0 radical (unpaired) electrons. The maximum Gasteiger partial charge on any atom is 0.231 e. The molecule has 1 aliphatic rings. The molecule has 4 aromatic rings. The second kappa shape index (κ2) is 12.1. The van der Waals surface area contributed by atoms with Gasteiger partial charge in [-0.15, -0.1) is 0 Å². The highest BCUT2D eigenvalue weighted by atomic mass is 19.1. The fourth-order valence-corrected chi connectivity index (χ4v) is 4.82. The van der Waals surface area contributed by atoms with Crippen LogP contribution in [0.1, 0.15) is 36.6 Å². The molecule has 1 aromatic heterocycles. The predicted octanol–water partition coefficient (Wildman–Crippen LogP) is 6.47. The monoisotopic (exact) mass is 515 g/mol. The van der Waals surface area contributed by atoms with Gasteiger partial charge >= 0.3 is 0 Å². The standard InChI is InChI=1S/C31H34FN3O3/c1-3-4-14-35-27(19-33-31(35)25-8-6-9-26(32)18-25)21-34(15-13-23-7-5-10-28(16-23)36-2)20-24-11-12-29-30(17-24)38-22-37-29/h5-12,16-19H,3-4,13-15,20-22H2,1-2H3. The molecule has 6 nitrogen and oxygen atoms in total. The highest BCUT2D eigenvalue weighted by molar-refractivity contribution is 5.56. The summed E-state index contributed by atoms with van der Waals surface area (Å²) in [5, 5.41) is 0. The topological polar surface area (TPSA) is 48.8 Å². The van der Waals surface area contributed by atoms with Crippen LogP contribution in [0.25, 0.3) is 11.4 Å². The minimum Gasteiger partial charge on any atom is -0.497 e. The van der Waals surface area contributed by atoms with E-state index in [1.165, 1.54) is 11.6 Å². The summed E-state index contributed by atoms with van der Waals surface area (Å²) in [4.78, 5) is 7.17. The van der Waals surface area contributed by atoms with E-state index < -0.39 is 0 Å². The number of ether oxygens (including phenoxy) is 3. The van der Waals surface area contributed by atoms with E-state index in [1.807, 2.05) is 30.5 Å². The molecule has 0 spiro atoms. The molecule has 0 atom stereocenters.